The largest absolute Gasteiger partial charge is 0.462 e. The Morgan fingerprint density at radius 3 is 2.84 bits per heavy atom. The van der Waals surface area contributed by atoms with Crippen LogP contribution in [0.5, 0.6) is 0 Å². The molecule has 2 rings (SSSR count). The van der Waals surface area contributed by atoms with Crippen LogP contribution < -0.4 is 5.73 Å². The molecule has 0 aliphatic rings. The lowest BCUT2D eigenvalue weighted by Gasteiger charge is -2.06. The summed E-state index contributed by atoms with van der Waals surface area (Å²) in [6.45, 7) is 2.12. The van der Waals surface area contributed by atoms with E-state index in [1.807, 2.05) is 6.07 Å². The third-order valence-corrected chi connectivity index (χ3v) is 2.89. The van der Waals surface area contributed by atoms with E-state index in [-0.39, 0.29) is 11.1 Å². The van der Waals surface area contributed by atoms with Gasteiger partial charge in [-0.25, -0.2) is 9.78 Å². The fourth-order valence-electron chi connectivity index (χ4n) is 1.66. The van der Waals surface area contributed by atoms with Gasteiger partial charge in [-0.3, -0.25) is 0 Å². The van der Waals surface area contributed by atoms with E-state index in [4.69, 9.17) is 22.1 Å². The van der Waals surface area contributed by atoms with Crippen molar-refractivity contribution < 1.29 is 9.53 Å². The highest BCUT2D eigenvalue weighted by atomic mass is 35.5. The molecule has 98 valence electrons. The first-order valence-electron chi connectivity index (χ1n) is 5.80. The summed E-state index contributed by atoms with van der Waals surface area (Å²) in [5, 5.41) is 0.269. The number of esters is 1. The Labute approximate surface area is 116 Å². The van der Waals surface area contributed by atoms with E-state index in [1.165, 1.54) is 0 Å². The molecule has 2 aromatic rings. The maximum Gasteiger partial charge on any atom is 0.338 e. The smallest absolute Gasteiger partial charge is 0.338 e. The van der Waals surface area contributed by atoms with Crippen molar-refractivity contribution in [1.29, 1.82) is 0 Å². The Hall–Kier alpha value is -2.07. The van der Waals surface area contributed by atoms with Gasteiger partial charge < -0.3 is 10.5 Å². The molecule has 0 fully saturated rings. The molecule has 2 N–H and O–H groups in total. The van der Waals surface area contributed by atoms with Gasteiger partial charge in [-0.2, -0.15) is 0 Å². The number of benzene rings is 1. The number of aromatic nitrogens is 1. The Morgan fingerprint density at radius 1 is 1.37 bits per heavy atom. The highest BCUT2D eigenvalue weighted by Gasteiger charge is 2.08. The lowest BCUT2D eigenvalue weighted by Crippen LogP contribution is -2.04. The summed E-state index contributed by atoms with van der Waals surface area (Å²) >= 11 is 5.78. The number of rotatable bonds is 3. The van der Waals surface area contributed by atoms with Crippen LogP contribution in [0.4, 0.5) is 5.69 Å². The van der Waals surface area contributed by atoms with Crippen LogP contribution in [0, 0.1) is 0 Å². The van der Waals surface area contributed by atoms with E-state index in [1.54, 1.807) is 37.4 Å². The third kappa shape index (κ3) is 3.03. The molecule has 0 bridgehead atoms. The van der Waals surface area contributed by atoms with E-state index in [0.29, 0.717) is 17.9 Å². The number of anilines is 1. The number of hydrogen-bond donors (Lipinski definition) is 1. The van der Waals surface area contributed by atoms with E-state index in [9.17, 15) is 4.79 Å². The first-order chi connectivity index (χ1) is 9.11. The molecule has 1 heterocycles. The Bertz CT molecular complexity index is 614. The van der Waals surface area contributed by atoms with Gasteiger partial charge in [0.2, 0.25) is 0 Å². The highest BCUT2D eigenvalue weighted by molar-refractivity contribution is 6.31. The van der Waals surface area contributed by atoms with Crippen molar-refractivity contribution in [3.05, 3.63) is 47.2 Å². The predicted molar refractivity (Wildman–Crippen MR) is 75.1 cm³/mol. The molecule has 0 saturated heterocycles. The van der Waals surface area contributed by atoms with Crippen LogP contribution in [0.25, 0.3) is 11.1 Å². The van der Waals surface area contributed by atoms with Gasteiger partial charge in [0.1, 0.15) is 0 Å². The van der Waals surface area contributed by atoms with Gasteiger partial charge >= 0.3 is 5.97 Å². The van der Waals surface area contributed by atoms with E-state index in [2.05, 4.69) is 4.98 Å². The molecule has 0 radical (unpaired) electrons. The number of hydrogen-bond acceptors (Lipinski definition) is 4. The number of carbonyl (C=O) groups excluding carboxylic acids is 1. The summed E-state index contributed by atoms with van der Waals surface area (Å²) in [5.74, 6) is -0.348. The molecule has 0 aliphatic heterocycles. The molecule has 4 nitrogen and oxygen atoms in total. The quantitative estimate of drug-likeness (QED) is 0.691. The Morgan fingerprint density at radius 2 is 2.16 bits per heavy atom. The first-order valence-corrected chi connectivity index (χ1v) is 6.18. The molecule has 0 atom stereocenters. The van der Waals surface area contributed by atoms with Crippen molar-refractivity contribution in [1.82, 2.24) is 4.98 Å². The number of halogens is 1. The molecule has 1 aromatic heterocycles. The van der Waals surface area contributed by atoms with Gasteiger partial charge in [-0.15, -0.1) is 0 Å². The summed E-state index contributed by atoms with van der Waals surface area (Å²) in [5.41, 5.74) is 8.25. The van der Waals surface area contributed by atoms with Gasteiger partial charge in [0.05, 0.1) is 17.9 Å². The van der Waals surface area contributed by atoms with Gasteiger partial charge in [0, 0.05) is 11.8 Å². The fourth-order valence-corrected chi connectivity index (χ4v) is 1.77. The molecule has 19 heavy (non-hydrogen) atoms. The maximum atomic E-state index is 11.7. The third-order valence-electron chi connectivity index (χ3n) is 2.57. The number of nitrogens with two attached hydrogens (primary N) is 1. The second kappa shape index (κ2) is 5.71. The monoisotopic (exact) mass is 276 g/mol. The Kier molecular flexibility index (Phi) is 4.02. The molecular weight excluding hydrogens is 264 g/mol. The minimum absolute atomic E-state index is 0.269. The molecule has 0 amide bonds. The summed E-state index contributed by atoms with van der Waals surface area (Å²) < 4.78 is 4.96. The second-order valence-electron chi connectivity index (χ2n) is 3.91. The fraction of sp³-hybridized carbons (Fsp3) is 0.143. The van der Waals surface area contributed by atoms with Crippen LogP contribution in [0.2, 0.25) is 5.15 Å². The van der Waals surface area contributed by atoms with Crippen molar-refractivity contribution in [2.75, 3.05) is 12.3 Å². The molecule has 0 unspecified atom stereocenters. The number of ether oxygens (including phenoxy) is 1. The van der Waals surface area contributed by atoms with E-state index < -0.39 is 0 Å². The van der Waals surface area contributed by atoms with Crippen LogP contribution in [0.3, 0.4) is 0 Å². The zero-order valence-corrected chi connectivity index (χ0v) is 11.1. The predicted octanol–water partition coefficient (Wildman–Crippen LogP) is 3.16. The normalized spacial score (nSPS) is 10.2. The van der Waals surface area contributed by atoms with Crippen LogP contribution in [-0.2, 0) is 4.74 Å². The zero-order valence-electron chi connectivity index (χ0n) is 10.4. The van der Waals surface area contributed by atoms with Crippen LogP contribution in [0.1, 0.15) is 17.3 Å². The summed E-state index contributed by atoms with van der Waals surface area (Å²) in [6, 6.07) is 8.82. The SMILES string of the molecule is CCOC(=O)c1cccc(-c2cnc(Cl)c(N)c2)c1. The average molecular weight is 277 g/mol. The first kappa shape index (κ1) is 13.4. The van der Waals surface area contributed by atoms with Crippen molar-refractivity contribution in [2.24, 2.45) is 0 Å². The van der Waals surface area contributed by atoms with Crippen LogP contribution >= 0.6 is 11.6 Å². The van der Waals surface area contributed by atoms with Gasteiger partial charge in [-0.1, -0.05) is 23.7 Å². The van der Waals surface area contributed by atoms with Gasteiger partial charge in [0.15, 0.2) is 5.15 Å². The molecule has 0 saturated carbocycles. The van der Waals surface area contributed by atoms with E-state index in [0.717, 1.165) is 11.1 Å². The second-order valence-corrected chi connectivity index (χ2v) is 4.26. The summed E-state index contributed by atoms with van der Waals surface area (Å²) in [7, 11) is 0. The van der Waals surface area contributed by atoms with Crippen LogP contribution in [0.15, 0.2) is 36.5 Å². The van der Waals surface area contributed by atoms with Crippen molar-refractivity contribution >= 4 is 23.3 Å². The molecule has 1 aromatic carbocycles. The van der Waals surface area contributed by atoms with Crippen LogP contribution in [-0.4, -0.2) is 17.6 Å². The Balaban J connectivity index is 2.37. The standard InChI is InChI=1S/C14H13ClN2O2/c1-2-19-14(18)10-5-3-4-9(6-10)11-7-12(16)13(15)17-8-11/h3-8H,2,16H2,1H3. The van der Waals surface area contributed by atoms with Gasteiger partial charge in [-0.05, 0) is 30.7 Å². The molecule has 5 heteroatoms. The van der Waals surface area contributed by atoms with Crippen molar-refractivity contribution in [2.45, 2.75) is 6.92 Å². The molecule has 0 aliphatic carbocycles. The van der Waals surface area contributed by atoms with Gasteiger partial charge in [0.25, 0.3) is 0 Å². The number of pyridine rings is 1. The molecular formula is C14H13ClN2O2. The topological polar surface area (TPSA) is 65.2 Å². The molecule has 0 spiro atoms. The van der Waals surface area contributed by atoms with E-state index >= 15 is 0 Å². The number of nitrogens with zero attached hydrogens (tertiary/aromatic N) is 1. The average Bonchev–Trinajstić information content (AvgIpc) is 2.42. The summed E-state index contributed by atoms with van der Waals surface area (Å²) in [6.07, 6.45) is 1.61. The number of nitrogen functional groups attached to an aromatic ring is 1. The van der Waals surface area contributed by atoms with Crippen molar-refractivity contribution in [3.8, 4) is 11.1 Å². The number of carbonyl (C=O) groups is 1. The maximum absolute atomic E-state index is 11.7. The lowest BCUT2D eigenvalue weighted by atomic mass is 10.0. The lowest BCUT2D eigenvalue weighted by molar-refractivity contribution is 0.0526. The minimum Gasteiger partial charge on any atom is -0.462 e. The summed E-state index contributed by atoms with van der Waals surface area (Å²) in [4.78, 5) is 15.7. The highest BCUT2D eigenvalue weighted by Crippen LogP contribution is 2.25. The zero-order chi connectivity index (χ0) is 13.8. The minimum atomic E-state index is -0.348. The van der Waals surface area contributed by atoms with Crippen molar-refractivity contribution in [3.63, 3.8) is 0 Å².